The molecule has 13 heteroatoms. The topological polar surface area (TPSA) is 158 Å². The highest BCUT2D eigenvalue weighted by Crippen LogP contribution is 2.31. The number of likely N-dealkylation sites (tertiary alicyclic amines) is 1. The van der Waals surface area contributed by atoms with Crippen LogP contribution in [0.3, 0.4) is 0 Å². The summed E-state index contributed by atoms with van der Waals surface area (Å²) in [6.07, 6.45) is 3.95. The average Bonchev–Trinajstić information content (AvgIpc) is 3.74. The molecule has 5 unspecified atom stereocenters. The molecule has 0 saturated carbocycles. The third-order valence-corrected chi connectivity index (χ3v) is 10.3. The lowest BCUT2D eigenvalue weighted by atomic mass is 9.95. The van der Waals surface area contributed by atoms with Crippen LogP contribution in [0.5, 0.6) is 0 Å². The van der Waals surface area contributed by atoms with E-state index in [1.165, 1.54) is 18.3 Å². The number of esters is 1. The van der Waals surface area contributed by atoms with E-state index in [4.69, 9.17) is 4.74 Å². The first-order valence-corrected chi connectivity index (χ1v) is 18.6. The van der Waals surface area contributed by atoms with E-state index in [-0.39, 0.29) is 48.4 Å². The van der Waals surface area contributed by atoms with Gasteiger partial charge < -0.3 is 25.4 Å². The molecule has 276 valence electrons. The number of nitrogens with zero attached hydrogens (tertiary/aromatic N) is 3. The number of aliphatic carboxylic acids is 1. The van der Waals surface area contributed by atoms with Gasteiger partial charge in [0, 0.05) is 37.9 Å². The molecule has 2 aromatic rings. The van der Waals surface area contributed by atoms with Crippen LogP contribution in [0.4, 0.5) is 0 Å². The third-order valence-electron chi connectivity index (χ3n) is 9.41. The summed E-state index contributed by atoms with van der Waals surface area (Å²) in [6, 6.07) is 7.76. The van der Waals surface area contributed by atoms with Crippen molar-refractivity contribution in [2.75, 3.05) is 20.6 Å². The van der Waals surface area contributed by atoms with Gasteiger partial charge in [-0.25, -0.2) is 4.98 Å². The molecule has 2 heterocycles. The summed E-state index contributed by atoms with van der Waals surface area (Å²) >= 11 is 1.18. The minimum atomic E-state index is -0.943. The van der Waals surface area contributed by atoms with Gasteiger partial charge in [0.25, 0.3) is 5.91 Å². The highest BCUT2D eigenvalue weighted by molar-refractivity contribution is 7.09. The maximum Gasteiger partial charge on any atom is 0.306 e. The summed E-state index contributed by atoms with van der Waals surface area (Å²) in [5.74, 6) is -2.97. The summed E-state index contributed by atoms with van der Waals surface area (Å²) in [6.45, 7) is 9.77. The van der Waals surface area contributed by atoms with Crippen molar-refractivity contribution in [1.29, 1.82) is 0 Å². The Bertz CT molecular complexity index is 1430. The molecule has 1 aliphatic heterocycles. The molecule has 0 bridgehead atoms. The van der Waals surface area contributed by atoms with Crippen molar-refractivity contribution in [3.63, 3.8) is 0 Å². The monoisotopic (exact) mass is 713 g/mol. The number of rotatable bonds is 19. The van der Waals surface area contributed by atoms with E-state index < -0.39 is 42.0 Å². The van der Waals surface area contributed by atoms with Crippen LogP contribution in [0.2, 0.25) is 0 Å². The van der Waals surface area contributed by atoms with Gasteiger partial charge in [0.2, 0.25) is 11.8 Å². The zero-order chi connectivity index (χ0) is 37.0. The van der Waals surface area contributed by atoms with Gasteiger partial charge in [0.15, 0.2) is 6.10 Å². The number of carbonyl (C=O) groups excluding carboxylic acids is 4. The van der Waals surface area contributed by atoms with Crippen LogP contribution in [-0.2, 0) is 30.3 Å². The van der Waals surface area contributed by atoms with E-state index in [0.717, 1.165) is 37.8 Å². The number of likely N-dealkylation sites (N-methyl/N-ethyl adjacent to an activating group) is 2. The molecule has 3 N–H and O–H groups in total. The van der Waals surface area contributed by atoms with Crippen LogP contribution < -0.4 is 10.6 Å². The summed E-state index contributed by atoms with van der Waals surface area (Å²) in [7, 11) is 3.64. The van der Waals surface area contributed by atoms with Crippen molar-refractivity contribution in [2.45, 2.75) is 116 Å². The first kappa shape index (κ1) is 40.6. The van der Waals surface area contributed by atoms with Crippen molar-refractivity contribution in [1.82, 2.24) is 25.4 Å². The fraction of sp³-hybridized carbons (Fsp3) is 0.622. The number of carboxylic acids is 1. The van der Waals surface area contributed by atoms with E-state index >= 15 is 0 Å². The summed E-state index contributed by atoms with van der Waals surface area (Å²) < 4.78 is 5.75. The van der Waals surface area contributed by atoms with E-state index in [1.807, 2.05) is 63.1 Å². The van der Waals surface area contributed by atoms with Crippen LogP contribution in [-0.4, -0.2) is 94.4 Å². The molecule has 1 aliphatic rings. The second-order valence-electron chi connectivity index (χ2n) is 13.8. The van der Waals surface area contributed by atoms with Crippen LogP contribution in [0.25, 0.3) is 0 Å². The molecule has 0 aliphatic carbocycles. The molecule has 0 spiro atoms. The molecule has 1 aromatic heterocycles. The van der Waals surface area contributed by atoms with Gasteiger partial charge in [-0.15, -0.1) is 11.3 Å². The number of aromatic nitrogens is 1. The molecule has 50 heavy (non-hydrogen) atoms. The minimum Gasteiger partial charge on any atom is -0.481 e. The molecule has 3 rings (SSSR count). The van der Waals surface area contributed by atoms with E-state index in [2.05, 4.69) is 15.6 Å². The van der Waals surface area contributed by atoms with Crippen LogP contribution in [0.1, 0.15) is 107 Å². The number of amides is 3. The second kappa shape index (κ2) is 19.5. The SMILES string of the molecule is CCCCC(NC(=O)[C@H]1CCCN1C)C(=O)N(C)C(CC(OC(C)=O)c1nc(C(=O)NC(Cc2ccccc2)CC(C)C(=O)O)cs1)C(C)C. The number of thiazole rings is 1. The Morgan fingerprint density at radius 1 is 1.10 bits per heavy atom. The highest BCUT2D eigenvalue weighted by Gasteiger charge is 2.36. The lowest BCUT2D eigenvalue weighted by molar-refractivity contribution is -0.149. The Hall–Kier alpha value is -3.84. The smallest absolute Gasteiger partial charge is 0.306 e. The number of carboxylic acid groups (broad SMARTS) is 1. The minimum absolute atomic E-state index is 0.0387. The van der Waals surface area contributed by atoms with Gasteiger partial charge >= 0.3 is 11.9 Å². The van der Waals surface area contributed by atoms with Crippen molar-refractivity contribution >= 4 is 41.0 Å². The molecule has 0 radical (unpaired) electrons. The summed E-state index contributed by atoms with van der Waals surface area (Å²) in [5, 5.41) is 17.5. The van der Waals surface area contributed by atoms with Gasteiger partial charge in [-0.3, -0.25) is 28.9 Å². The number of ether oxygens (including phenoxy) is 1. The van der Waals surface area contributed by atoms with Gasteiger partial charge in [0.05, 0.1) is 12.0 Å². The lowest BCUT2D eigenvalue weighted by Crippen LogP contribution is -2.54. The van der Waals surface area contributed by atoms with Crippen LogP contribution in [0.15, 0.2) is 35.7 Å². The Labute approximate surface area is 300 Å². The van der Waals surface area contributed by atoms with E-state index in [1.54, 1.807) is 24.3 Å². The Kier molecular flexibility index (Phi) is 15.8. The number of carbonyl (C=O) groups is 5. The van der Waals surface area contributed by atoms with Gasteiger partial charge in [-0.2, -0.15) is 0 Å². The fourth-order valence-corrected chi connectivity index (χ4v) is 7.34. The Morgan fingerprint density at radius 2 is 1.80 bits per heavy atom. The van der Waals surface area contributed by atoms with Gasteiger partial charge in [0.1, 0.15) is 16.7 Å². The van der Waals surface area contributed by atoms with Crippen LogP contribution >= 0.6 is 11.3 Å². The van der Waals surface area contributed by atoms with Crippen molar-refractivity contribution in [3.05, 3.63) is 52.0 Å². The maximum atomic E-state index is 14.0. The lowest BCUT2D eigenvalue weighted by Gasteiger charge is -2.36. The number of unbranched alkanes of at least 4 members (excludes halogenated alkanes) is 1. The normalized spacial score (nSPS) is 17.7. The maximum absolute atomic E-state index is 14.0. The molecular weight excluding hydrogens is 659 g/mol. The van der Waals surface area contributed by atoms with E-state index in [0.29, 0.717) is 17.8 Å². The van der Waals surface area contributed by atoms with Crippen molar-refractivity contribution < 1.29 is 33.8 Å². The summed E-state index contributed by atoms with van der Waals surface area (Å²) in [5.41, 5.74) is 1.10. The second-order valence-corrected chi connectivity index (χ2v) is 14.7. The molecule has 3 amide bonds. The van der Waals surface area contributed by atoms with E-state index in [9.17, 15) is 29.1 Å². The first-order valence-electron chi connectivity index (χ1n) is 17.7. The molecule has 1 fully saturated rings. The number of benzene rings is 1. The predicted molar refractivity (Wildman–Crippen MR) is 193 cm³/mol. The molecule has 1 aromatic carbocycles. The largest absolute Gasteiger partial charge is 0.481 e. The number of nitrogens with one attached hydrogen (secondary N) is 2. The van der Waals surface area contributed by atoms with Gasteiger partial charge in [-0.05, 0) is 57.2 Å². The Morgan fingerprint density at radius 3 is 2.38 bits per heavy atom. The van der Waals surface area contributed by atoms with Gasteiger partial charge in [-0.1, -0.05) is 70.9 Å². The number of hydrogen-bond donors (Lipinski definition) is 3. The molecule has 1 saturated heterocycles. The standard InChI is InChI=1S/C37H55N5O7S/c1-8-9-16-28(39-34(45)30-17-13-18-41(30)6)36(46)42(7)31(23(2)3)21-32(49-25(5)43)35-40-29(22-50-35)33(44)38-27(19-24(4)37(47)48)20-26-14-11-10-12-15-26/h10-12,14-15,22-24,27-28,30-32H,8-9,13,16-21H2,1-7H3,(H,38,44)(H,39,45)(H,47,48)/t24?,27?,28?,30-,31?,32?/m1/s1. The predicted octanol–water partition coefficient (Wildman–Crippen LogP) is 4.84. The average molecular weight is 714 g/mol. The molecular formula is C37H55N5O7S. The zero-order valence-electron chi connectivity index (χ0n) is 30.5. The Balaban J connectivity index is 1.79. The quantitative estimate of drug-likeness (QED) is 0.173. The first-order chi connectivity index (χ1) is 23.7. The zero-order valence-corrected chi connectivity index (χ0v) is 31.3. The number of hydrogen-bond acceptors (Lipinski definition) is 9. The summed E-state index contributed by atoms with van der Waals surface area (Å²) in [4.78, 5) is 72.8. The fourth-order valence-electron chi connectivity index (χ4n) is 6.50. The highest BCUT2D eigenvalue weighted by atomic mass is 32.1. The third kappa shape index (κ3) is 11.9. The van der Waals surface area contributed by atoms with Crippen molar-refractivity contribution in [2.24, 2.45) is 11.8 Å². The van der Waals surface area contributed by atoms with Crippen molar-refractivity contribution in [3.8, 4) is 0 Å². The van der Waals surface area contributed by atoms with Crippen LogP contribution in [0, 0.1) is 11.8 Å². The molecule has 12 nitrogen and oxygen atoms in total. The molecule has 6 atom stereocenters.